The van der Waals surface area contributed by atoms with Crippen LogP contribution in [0.1, 0.15) is 20.8 Å². The molecule has 1 fully saturated rings. The average Bonchev–Trinajstić information content (AvgIpc) is 3.00. The quantitative estimate of drug-likeness (QED) is 0.765. The summed E-state index contributed by atoms with van der Waals surface area (Å²) in [7, 11) is -3.25. The van der Waals surface area contributed by atoms with Crippen LogP contribution in [-0.2, 0) is 19.3 Å². The van der Waals surface area contributed by atoms with E-state index in [2.05, 4.69) is 5.32 Å². The molecule has 9 nitrogen and oxygen atoms in total. The molecule has 1 aromatic carbocycles. The van der Waals surface area contributed by atoms with Gasteiger partial charge in [0.2, 0.25) is 0 Å². The van der Waals surface area contributed by atoms with Gasteiger partial charge >= 0.3 is 12.2 Å². The Balaban J connectivity index is 1.63. The third-order valence-electron chi connectivity index (χ3n) is 4.36. The summed E-state index contributed by atoms with van der Waals surface area (Å²) in [6.07, 6.45) is -0.562. The van der Waals surface area contributed by atoms with E-state index in [0.717, 1.165) is 5.41 Å². The number of hydrogen-bond donors (Lipinski definition) is 1. The molecule has 0 spiro atoms. The predicted octanol–water partition coefficient (Wildman–Crippen LogP) is 2.38. The van der Waals surface area contributed by atoms with Crippen molar-refractivity contribution in [2.75, 3.05) is 35.2 Å². The van der Waals surface area contributed by atoms with Gasteiger partial charge in [-0.15, -0.1) is 0 Å². The minimum absolute atomic E-state index is 0.0603. The van der Waals surface area contributed by atoms with Crippen LogP contribution in [0.3, 0.4) is 0 Å². The molecule has 11 heteroatoms. The molecule has 1 aromatic rings. The van der Waals surface area contributed by atoms with Crippen molar-refractivity contribution in [3.8, 4) is 0 Å². The molecule has 1 saturated heterocycles. The Labute approximate surface area is 174 Å². The van der Waals surface area contributed by atoms with E-state index in [-0.39, 0.29) is 31.1 Å². The van der Waals surface area contributed by atoms with Crippen molar-refractivity contribution >= 4 is 33.4 Å². The van der Waals surface area contributed by atoms with Gasteiger partial charge in [0, 0.05) is 18.2 Å². The second kappa shape index (κ2) is 8.13. The molecule has 2 heterocycles. The van der Waals surface area contributed by atoms with E-state index in [0.29, 0.717) is 5.69 Å². The Kier molecular flexibility index (Phi) is 5.93. The Hall–Kier alpha value is -2.82. The summed E-state index contributed by atoms with van der Waals surface area (Å²) in [6.45, 7) is 5.54. The number of nitrogens with one attached hydrogen (secondary N) is 1. The van der Waals surface area contributed by atoms with Gasteiger partial charge in [0.25, 0.3) is 0 Å². The first kappa shape index (κ1) is 21.9. The number of carbonyl (C=O) groups is 2. The van der Waals surface area contributed by atoms with Gasteiger partial charge in [0.15, 0.2) is 9.84 Å². The average molecular weight is 441 g/mol. The molecule has 1 N–H and O–H groups in total. The second-order valence-corrected chi connectivity index (χ2v) is 9.99. The minimum atomic E-state index is -3.25. The third-order valence-corrected chi connectivity index (χ3v) is 5.65. The molecular weight excluding hydrogens is 417 g/mol. The number of hydrogen-bond acceptors (Lipinski definition) is 7. The summed E-state index contributed by atoms with van der Waals surface area (Å²) < 4.78 is 47.9. The smallest absolute Gasteiger partial charge is 0.414 e. The summed E-state index contributed by atoms with van der Waals surface area (Å²) in [4.78, 5) is 26.7. The van der Waals surface area contributed by atoms with E-state index in [4.69, 9.17) is 9.47 Å². The van der Waals surface area contributed by atoms with E-state index >= 15 is 0 Å². The van der Waals surface area contributed by atoms with Crippen LogP contribution in [0, 0.1) is 5.82 Å². The number of halogens is 1. The molecule has 2 aliphatic rings. The van der Waals surface area contributed by atoms with Gasteiger partial charge < -0.3 is 19.7 Å². The molecule has 164 valence electrons. The van der Waals surface area contributed by atoms with Crippen molar-refractivity contribution in [1.82, 2.24) is 5.32 Å². The molecule has 0 aliphatic carbocycles. The lowest BCUT2D eigenvalue weighted by Gasteiger charge is -2.24. The van der Waals surface area contributed by atoms with Crippen LogP contribution in [0.4, 0.5) is 25.4 Å². The van der Waals surface area contributed by atoms with Crippen molar-refractivity contribution in [3.05, 3.63) is 35.6 Å². The summed E-state index contributed by atoms with van der Waals surface area (Å²) in [6, 6.07) is 4.23. The fourth-order valence-corrected chi connectivity index (χ4v) is 3.90. The predicted molar refractivity (Wildman–Crippen MR) is 109 cm³/mol. The van der Waals surface area contributed by atoms with Gasteiger partial charge in [-0.1, -0.05) is 0 Å². The van der Waals surface area contributed by atoms with Crippen LogP contribution in [0.25, 0.3) is 0 Å². The van der Waals surface area contributed by atoms with E-state index in [1.54, 1.807) is 26.8 Å². The van der Waals surface area contributed by atoms with Crippen molar-refractivity contribution < 1.29 is 31.9 Å². The molecule has 0 saturated carbocycles. The van der Waals surface area contributed by atoms with Crippen LogP contribution in [0.2, 0.25) is 0 Å². The summed E-state index contributed by atoms with van der Waals surface area (Å²) in [5.74, 6) is -0.699. The second-order valence-electron chi connectivity index (χ2n) is 7.98. The minimum Gasteiger partial charge on any atom is -0.444 e. The lowest BCUT2D eigenvalue weighted by Crippen LogP contribution is -2.38. The highest BCUT2D eigenvalue weighted by molar-refractivity contribution is 7.94. The van der Waals surface area contributed by atoms with E-state index in [1.165, 1.54) is 28.1 Å². The SMILES string of the molecule is CC(C)(C)OC(=O)NC[C@H]1CN(c2ccc(N3C=CS(=O)(=O)CC3)c(F)c2)C(=O)O1. The van der Waals surface area contributed by atoms with E-state index in [9.17, 15) is 22.4 Å². The van der Waals surface area contributed by atoms with Crippen molar-refractivity contribution in [2.45, 2.75) is 32.5 Å². The topological polar surface area (TPSA) is 105 Å². The van der Waals surface area contributed by atoms with Gasteiger partial charge in [-0.3, -0.25) is 4.90 Å². The van der Waals surface area contributed by atoms with Crippen molar-refractivity contribution in [2.24, 2.45) is 0 Å². The number of ether oxygens (including phenoxy) is 2. The normalized spacial score (nSPS) is 20.8. The standard InChI is InChI=1S/C19H24FN3O6S/c1-19(2,3)29-17(24)21-11-14-12-23(18(25)28-14)13-4-5-16(15(20)10-13)22-6-8-30(26,27)9-7-22/h4-6,8,10,14H,7,9,11-12H2,1-3H3,(H,21,24)/t14-/m0/s1. The first-order valence-corrected chi connectivity index (χ1v) is 11.1. The number of rotatable bonds is 4. The van der Waals surface area contributed by atoms with Crippen LogP contribution in [0.5, 0.6) is 0 Å². The number of alkyl carbamates (subject to hydrolysis) is 1. The van der Waals surface area contributed by atoms with E-state index < -0.39 is 39.5 Å². The van der Waals surface area contributed by atoms with Gasteiger partial charge in [-0.2, -0.15) is 0 Å². The molecule has 0 radical (unpaired) electrons. The van der Waals surface area contributed by atoms with Crippen LogP contribution in [-0.4, -0.2) is 57.7 Å². The van der Waals surface area contributed by atoms with Crippen LogP contribution < -0.4 is 15.1 Å². The third kappa shape index (κ3) is 5.41. The highest BCUT2D eigenvalue weighted by atomic mass is 32.2. The van der Waals surface area contributed by atoms with Gasteiger partial charge in [0.1, 0.15) is 17.5 Å². The fraction of sp³-hybridized carbons (Fsp3) is 0.474. The lowest BCUT2D eigenvalue weighted by atomic mass is 10.2. The zero-order valence-electron chi connectivity index (χ0n) is 16.9. The summed E-state index contributed by atoms with van der Waals surface area (Å²) in [5.41, 5.74) is -0.134. The molecule has 30 heavy (non-hydrogen) atoms. The van der Waals surface area contributed by atoms with Gasteiger partial charge in [-0.05, 0) is 39.0 Å². The molecule has 2 amide bonds. The largest absolute Gasteiger partial charge is 0.444 e. The van der Waals surface area contributed by atoms with Crippen molar-refractivity contribution in [3.63, 3.8) is 0 Å². The molecular formula is C19H24FN3O6S. The Bertz CT molecular complexity index is 973. The summed E-state index contributed by atoms with van der Waals surface area (Å²) >= 11 is 0. The zero-order chi connectivity index (χ0) is 22.1. The molecule has 1 atom stereocenters. The number of carbonyl (C=O) groups excluding carboxylic acids is 2. The number of nitrogens with zero attached hydrogens (tertiary/aromatic N) is 2. The molecule has 3 rings (SSSR count). The number of anilines is 2. The Morgan fingerprint density at radius 2 is 2.10 bits per heavy atom. The number of benzene rings is 1. The Morgan fingerprint density at radius 1 is 1.37 bits per heavy atom. The first-order chi connectivity index (χ1) is 13.9. The fourth-order valence-electron chi connectivity index (χ4n) is 2.98. The monoisotopic (exact) mass is 441 g/mol. The molecule has 0 unspecified atom stereocenters. The number of amides is 2. The Morgan fingerprint density at radius 3 is 2.70 bits per heavy atom. The summed E-state index contributed by atoms with van der Waals surface area (Å²) in [5, 5.41) is 3.59. The maximum Gasteiger partial charge on any atom is 0.414 e. The maximum atomic E-state index is 14.6. The molecule has 2 aliphatic heterocycles. The van der Waals surface area contributed by atoms with Gasteiger partial charge in [-0.25, -0.2) is 22.4 Å². The molecule has 0 aromatic heterocycles. The van der Waals surface area contributed by atoms with E-state index in [1.807, 2.05) is 0 Å². The first-order valence-electron chi connectivity index (χ1n) is 9.36. The highest BCUT2D eigenvalue weighted by Crippen LogP contribution is 2.29. The number of cyclic esters (lactones) is 1. The zero-order valence-corrected chi connectivity index (χ0v) is 17.7. The van der Waals surface area contributed by atoms with Crippen LogP contribution in [0.15, 0.2) is 29.8 Å². The van der Waals surface area contributed by atoms with Crippen LogP contribution >= 0.6 is 0 Å². The lowest BCUT2D eigenvalue weighted by molar-refractivity contribution is 0.0496. The van der Waals surface area contributed by atoms with Crippen molar-refractivity contribution in [1.29, 1.82) is 0 Å². The highest BCUT2D eigenvalue weighted by Gasteiger charge is 2.33. The number of sulfone groups is 1. The maximum absolute atomic E-state index is 14.6. The molecule has 0 bridgehead atoms. The van der Waals surface area contributed by atoms with Gasteiger partial charge in [0.05, 0.1) is 30.2 Å².